The molecule has 2 rings (SSSR count). The highest BCUT2D eigenvalue weighted by molar-refractivity contribution is 8.23. The van der Waals surface area contributed by atoms with Crippen molar-refractivity contribution in [3.05, 3.63) is 46.4 Å². The summed E-state index contributed by atoms with van der Waals surface area (Å²) in [5.41, 5.74) is 2.13. The van der Waals surface area contributed by atoms with E-state index in [2.05, 4.69) is 5.10 Å². The molecule has 4 nitrogen and oxygen atoms in total. The molecule has 0 saturated heterocycles. The second kappa shape index (κ2) is 6.28. The molecule has 0 aliphatic rings. The summed E-state index contributed by atoms with van der Waals surface area (Å²) < 4.78 is 2.24. The first-order valence-corrected chi connectivity index (χ1v) is 7.73. The molecule has 6 heteroatoms. The van der Waals surface area contributed by atoms with Crippen LogP contribution in [0.2, 0.25) is 0 Å². The molecule has 0 bridgehead atoms. The van der Waals surface area contributed by atoms with Crippen LogP contribution in [-0.2, 0) is 0 Å². The highest BCUT2D eigenvalue weighted by Gasteiger charge is 2.18. The second-order valence-corrected chi connectivity index (χ2v) is 6.22. The third-order valence-corrected chi connectivity index (χ3v) is 4.37. The van der Waals surface area contributed by atoms with Crippen molar-refractivity contribution in [2.45, 2.75) is 13.8 Å². The molecule has 0 fully saturated rings. The van der Waals surface area contributed by atoms with Gasteiger partial charge in [-0.25, -0.2) is 4.68 Å². The van der Waals surface area contributed by atoms with Crippen LogP contribution in [-0.4, -0.2) is 26.9 Å². The third-order valence-electron chi connectivity index (χ3n) is 2.93. The highest BCUT2D eigenvalue weighted by atomic mass is 32.2. The number of nitrogens with one attached hydrogen (secondary N) is 1. The van der Waals surface area contributed by atoms with Crippen LogP contribution in [0.25, 0.3) is 5.69 Å². The molecular weight excluding hydrogens is 290 g/mol. The number of benzene rings is 1. The topological polar surface area (TPSA) is 41.0 Å². The average molecular weight is 307 g/mol. The molecule has 0 amide bonds. The van der Waals surface area contributed by atoms with E-state index in [1.165, 1.54) is 0 Å². The van der Waals surface area contributed by atoms with Crippen molar-refractivity contribution in [1.82, 2.24) is 9.78 Å². The minimum absolute atomic E-state index is 0.0877. The lowest BCUT2D eigenvalue weighted by Gasteiger charge is -2.17. The molecule has 0 unspecified atom stereocenters. The minimum Gasteiger partial charge on any atom is -0.324 e. The van der Waals surface area contributed by atoms with Crippen LogP contribution >= 0.6 is 24.0 Å². The number of hydrogen-bond acceptors (Lipinski definition) is 3. The molecule has 0 saturated carbocycles. The molecule has 0 spiro atoms. The van der Waals surface area contributed by atoms with Crippen LogP contribution in [0.3, 0.4) is 0 Å². The van der Waals surface area contributed by atoms with Crippen LogP contribution in [0.1, 0.15) is 12.6 Å². The van der Waals surface area contributed by atoms with E-state index in [9.17, 15) is 4.79 Å². The van der Waals surface area contributed by atoms with Gasteiger partial charge in [0.1, 0.15) is 10.0 Å². The van der Waals surface area contributed by atoms with Crippen molar-refractivity contribution < 1.29 is 0 Å². The smallest absolute Gasteiger partial charge is 0.295 e. The summed E-state index contributed by atoms with van der Waals surface area (Å²) in [4.78, 5) is 14.3. The first kappa shape index (κ1) is 14.9. The monoisotopic (exact) mass is 307 g/mol. The van der Waals surface area contributed by atoms with Gasteiger partial charge >= 0.3 is 0 Å². The molecular formula is C14H17N3OS2. The number of anilines is 1. The van der Waals surface area contributed by atoms with Gasteiger partial charge in [0.2, 0.25) is 0 Å². The zero-order valence-corrected chi connectivity index (χ0v) is 13.3. The summed E-state index contributed by atoms with van der Waals surface area (Å²) in [7, 11) is 1.83. The Morgan fingerprint density at radius 1 is 1.40 bits per heavy atom. The van der Waals surface area contributed by atoms with Gasteiger partial charge in [-0.05, 0) is 24.8 Å². The number of aromatic amines is 1. The van der Waals surface area contributed by atoms with Crippen LogP contribution in [0, 0.1) is 6.92 Å². The lowest BCUT2D eigenvalue weighted by molar-refractivity contribution is 0.835. The standard InChI is InChI=1S/C14H17N3OS2/c1-4-20-14(19)16(3)12-10(2)15-17(13(12)18)11-8-6-5-7-9-11/h5-9,15H,4H2,1-3H3. The number of thiocarbonyl (C=S) groups is 1. The van der Waals surface area contributed by atoms with Gasteiger partial charge in [0.15, 0.2) is 0 Å². The van der Waals surface area contributed by atoms with Crippen LogP contribution < -0.4 is 10.5 Å². The first-order valence-electron chi connectivity index (χ1n) is 6.33. The molecule has 20 heavy (non-hydrogen) atoms. The SMILES string of the molecule is CCSC(=S)N(C)c1c(C)[nH]n(-c2ccccc2)c1=O. The number of thioether (sulfide) groups is 1. The van der Waals surface area contributed by atoms with Gasteiger partial charge in [0.05, 0.1) is 11.4 Å². The van der Waals surface area contributed by atoms with Crippen LogP contribution in [0.5, 0.6) is 0 Å². The van der Waals surface area contributed by atoms with Crippen molar-refractivity contribution >= 4 is 34.0 Å². The van der Waals surface area contributed by atoms with Crippen molar-refractivity contribution in [3.8, 4) is 5.69 Å². The summed E-state index contributed by atoms with van der Waals surface area (Å²) in [5, 5.41) is 3.10. The van der Waals surface area contributed by atoms with Crippen LogP contribution in [0.4, 0.5) is 5.69 Å². The lowest BCUT2D eigenvalue weighted by atomic mass is 10.3. The Hall–Kier alpha value is -1.53. The first-order chi connectivity index (χ1) is 9.56. The maximum Gasteiger partial charge on any atom is 0.295 e. The number of hydrogen-bond donors (Lipinski definition) is 1. The van der Waals surface area contributed by atoms with Crippen molar-refractivity contribution in [1.29, 1.82) is 0 Å². The normalized spacial score (nSPS) is 10.6. The van der Waals surface area contributed by atoms with E-state index in [4.69, 9.17) is 12.2 Å². The quantitative estimate of drug-likeness (QED) is 0.885. The fraction of sp³-hybridized carbons (Fsp3) is 0.286. The number of aromatic nitrogens is 2. The van der Waals surface area contributed by atoms with Crippen LogP contribution in [0.15, 0.2) is 35.1 Å². The van der Waals surface area contributed by atoms with Gasteiger partial charge in [-0.2, -0.15) is 0 Å². The van der Waals surface area contributed by atoms with Crippen molar-refractivity contribution in [3.63, 3.8) is 0 Å². The number of rotatable bonds is 3. The van der Waals surface area contributed by atoms with Gasteiger partial charge < -0.3 is 4.90 Å². The van der Waals surface area contributed by atoms with E-state index in [0.29, 0.717) is 10.0 Å². The Kier molecular flexibility index (Phi) is 4.67. The summed E-state index contributed by atoms with van der Waals surface area (Å²) in [5.74, 6) is 0.888. The number of para-hydroxylation sites is 1. The highest BCUT2D eigenvalue weighted by Crippen LogP contribution is 2.18. The summed E-state index contributed by atoms with van der Waals surface area (Å²) in [6.45, 7) is 3.92. The largest absolute Gasteiger partial charge is 0.324 e. The van der Waals surface area contributed by atoms with E-state index in [1.54, 1.807) is 21.3 Å². The molecule has 0 aliphatic heterocycles. The van der Waals surface area contributed by atoms with Gasteiger partial charge in [-0.15, -0.1) is 0 Å². The molecule has 1 aromatic carbocycles. The van der Waals surface area contributed by atoms with Gasteiger partial charge in [-0.3, -0.25) is 9.89 Å². The van der Waals surface area contributed by atoms with E-state index < -0.39 is 0 Å². The number of H-pyrrole nitrogens is 1. The summed E-state index contributed by atoms with van der Waals surface area (Å²) in [6.07, 6.45) is 0. The molecule has 0 radical (unpaired) electrons. The maximum absolute atomic E-state index is 12.6. The molecule has 2 aromatic rings. The van der Waals surface area contributed by atoms with Gasteiger partial charge in [0, 0.05) is 7.05 Å². The maximum atomic E-state index is 12.6. The lowest BCUT2D eigenvalue weighted by Crippen LogP contribution is -2.28. The van der Waals surface area contributed by atoms with Gasteiger partial charge in [-0.1, -0.05) is 49.1 Å². The van der Waals surface area contributed by atoms with E-state index in [-0.39, 0.29) is 5.56 Å². The molecule has 0 atom stereocenters. The van der Waals surface area contributed by atoms with Gasteiger partial charge in [0.25, 0.3) is 5.56 Å². The Morgan fingerprint density at radius 2 is 2.05 bits per heavy atom. The predicted molar refractivity (Wildman–Crippen MR) is 90.3 cm³/mol. The second-order valence-electron chi connectivity index (χ2n) is 4.32. The Labute approximate surface area is 127 Å². The zero-order chi connectivity index (χ0) is 14.7. The molecule has 106 valence electrons. The number of nitrogens with zero attached hydrogens (tertiary/aromatic N) is 2. The average Bonchev–Trinajstić information content (AvgIpc) is 2.74. The molecule has 1 N–H and O–H groups in total. The fourth-order valence-corrected chi connectivity index (χ4v) is 2.98. The minimum atomic E-state index is -0.0877. The Morgan fingerprint density at radius 3 is 2.65 bits per heavy atom. The third kappa shape index (κ3) is 2.81. The summed E-state index contributed by atoms with van der Waals surface area (Å²) >= 11 is 6.88. The van der Waals surface area contributed by atoms with E-state index in [1.807, 2.05) is 51.2 Å². The number of aryl methyl sites for hydroxylation is 1. The van der Waals surface area contributed by atoms with E-state index in [0.717, 1.165) is 17.1 Å². The fourth-order valence-electron chi connectivity index (χ4n) is 2.00. The van der Waals surface area contributed by atoms with E-state index >= 15 is 0 Å². The Balaban J connectivity index is 2.45. The Bertz CT molecular complexity index is 661. The van der Waals surface area contributed by atoms with Crippen molar-refractivity contribution in [2.75, 3.05) is 17.7 Å². The molecule has 1 aromatic heterocycles. The molecule has 0 aliphatic carbocycles. The van der Waals surface area contributed by atoms with Crippen molar-refractivity contribution in [2.24, 2.45) is 0 Å². The molecule has 1 heterocycles. The zero-order valence-electron chi connectivity index (χ0n) is 11.7. The summed E-state index contributed by atoms with van der Waals surface area (Å²) in [6, 6.07) is 9.50. The predicted octanol–water partition coefficient (Wildman–Crippen LogP) is 2.95.